The Balaban J connectivity index is 2.17. The number of hydrogen-bond acceptors (Lipinski definition) is 3. The SMILES string of the molecule is CCOc1ccccc1C(=O)Cn1cc(C(F)(F)F)cn1. The zero-order chi connectivity index (χ0) is 15.5. The van der Waals surface area contributed by atoms with Gasteiger partial charge in [-0.25, -0.2) is 0 Å². The van der Waals surface area contributed by atoms with E-state index < -0.39 is 11.7 Å². The molecule has 0 spiro atoms. The van der Waals surface area contributed by atoms with Crippen molar-refractivity contribution in [2.75, 3.05) is 6.61 Å². The minimum atomic E-state index is -4.47. The lowest BCUT2D eigenvalue weighted by Gasteiger charge is -2.09. The van der Waals surface area contributed by atoms with Crippen LogP contribution in [0.1, 0.15) is 22.8 Å². The van der Waals surface area contributed by atoms with Crippen molar-refractivity contribution in [3.05, 3.63) is 47.8 Å². The van der Waals surface area contributed by atoms with Crippen LogP contribution in [0.3, 0.4) is 0 Å². The number of rotatable bonds is 5. The lowest BCUT2D eigenvalue weighted by atomic mass is 10.1. The Bertz CT molecular complexity index is 635. The number of alkyl halides is 3. The quantitative estimate of drug-likeness (QED) is 0.796. The van der Waals surface area contributed by atoms with Crippen molar-refractivity contribution < 1.29 is 22.7 Å². The van der Waals surface area contributed by atoms with Crippen molar-refractivity contribution >= 4 is 5.78 Å². The van der Waals surface area contributed by atoms with Gasteiger partial charge >= 0.3 is 6.18 Å². The summed E-state index contributed by atoms with van der Waals surface area (Å²) in [5, 5.41) is 3.56. The standard InChI is InChI=1S/C14H13F3N2O2/c1-2-21-13-6-4-3-5-11(13)12(20)9-19-8-10(7-18-19)14(15,16)17/h3-8H,2,9H2,1H3. The van der Waals surface area contributed by atoms with Gasteiger partial charge in [-0.3, -0.25) is 9.48 Å². The van der Waals surface area contributed by atoms with Gasteiger partial charge in [0, 0.05) is 6.20 Å². The average Bonchev–Trinajstić information content (AvgIpc) is 2.88. The zero-order valence-electron chi connectivity index (χ0n) is 11.2. The Kier molecular flexibility index (Phi) is 4.30. The molecule has 0 bridgehead atoms. The van der Waals surface area contributed by atoms with E-state index in [4.69, 9.17) is 4.74 Å². The van der Waals surface area contributed by atoms with Gasteiger partial charge in [-0.05, 0) is 19.1 Å². The van der Waals surface area contributed by atoms with Crippen LogP contribution in [0, 0.1) is 0 Å². The van der Waals surface area contributed by atoms with E-state index in [2.05, 4.69) is 5.10 Å². The molecule has 0 saturated heterocycles. The molecule has 7 heteroatoms. The predicted molar refractivity (Wildman–Crippen MR) is 69.2 cm³/mol. The summed E-state index contributed by atoms with van der Waals surface area (Å²) >= 11 is 0. The first-order valence-corrected chi connectivity index (χ1v) is 6.26. The highest BCUT2D eigenvalue weighted by Gasteiger charge is 2.32. The van der Waals surface area contributed by atoms with Gasteiger partial charge in [0.1, 0.15) is 12.3 Å². The van der Waals surface area contributed by atoms with Crippen LogP contribution in [-0.4, -0.2) is 22.2 Å². The number of nitrogens with zero attached hydrogens (tertiary/aromatic N) is 2. The first-order chi connectivity index (χ1) is 9.91. The average molecular weight is 298 g/mol. The van der Waals surface area contributed by atoms with Gasteiger partial charge in [0.15, 0.2) is 5.78 Å². The number of para-hydroxylation sites is 1. The summed E-state index contributed by atoms with van der Waals surface area (Å²) in [5.74, 6) is 0.0454. The Labute approximate surface area is 119 Å². The lowest BCUT2D eigenvalue weighted by molar-refractivity contribution is -0.137. The minimum absolute atomic E-state index is 0.278. The Hall–Kier alpha value is -2.31. The van der Waals surface area contributed by atoms with Crippen molar-refractivity contribution in [1.29, 1.82) is 0 Å². The molecule has 0 N–H and O–H groups in total. The van der Waals surface area contributed by atoms with Crippen molar-refractivity contribution in [3.8, 4) is 5.75 Å². The number of ketones is 1. The van der Waals surface area contributed by atoms with E-state index in [0.717, 1.165) is 10.9 Å². The highest BCUT2D eigenvalue weighted by atomic mass is 19.4. The fourth-order valence-corrected chi connectivity index (χ4v) is 1.81. The fourth-order valence-electron chi connectivity index (χ4n) is 1.81. The molecule has 0 aliphatic rings. The fraction of sp³-hybridized carbons (Fsp3) is 0.286. The maximum Gasteiger partial charge on any atom is 0.419 e. The van der Waals surface area contributed by atoms with Gasteiger partial charge < -0.3 is 4.74 Å². The molecule has 4 nitrogen and oxygen atoms in total. The third kappa shape index (κ3) is 3.62. The highest BCUT2D eigenvalue weighted by Crippen LogP contribution is 2.28. The van der Waals surface area contributed by atoms with E-state index >= 15 is 0 Å². The summed E-state index contributed by atoms with van der Waals surface area (Å²) in [5.41, 5.74) is -0.559. The summed E-state index contributed by atoms with van der Waals surface area (Å²) in [6, 6.07) is 6.60. The second-order valence-corrected chi connectivity index (χ2v) is 4.28. The van der Waals surface area contributed by atoms with Gasteiger partial charge in [-0.15, -0.1) is 0 Å². The zero-order valence-corrected chi connectivity index (χ0v) is 11.2. The maximum absolute atomic E-state index is 12.5. The van der Waals surface area contributed by atoms with Gasteiger partial charge in [0.25, 0.3) is 0 Å². The molecule has 0 fully saturated rings. The molecule has 2 rings (SSSR count). The predicted octanol–water partition coefficient (Wildman–Crippen LogP) is 3.18. The van der Waals surface area contributed by atoms with E-state index in [1.54, 1.807) is 31.2 Å². The summed E-state index contributed by atoms with van der Waals surface area (Å²) in [7, 11) is 0. The van der Waals surface area contributed by atoms with Crippen molar-refractivity contribution in [3.63, 3.8) is 0 Å². The van der Waals surface area contributed by atoms with Crippen molar-refractivity contribution in [1.82, 2.24) is 9.78 Å². The molecule has 0 saturated carbocycles. The smallest absolute Gasteiger partial charge is 0.419 e. The Morgan fingerprint density at radius 2 is 2.05 bits per heavy atom. The normalized spacial score (nSPS) is 11.4. The first-order valence-electron chi connectivity index (χ1n) is 6.26. The summed E-state index contributed by atoms with van der Waals surface area (Å²) in [6.45, 7) is 1.90. The number of hydrogen-bond donors (Lipinski definition) is 0. The van der Waals surface area contributed by atoms with Crippen LogP contribution in [0.4, 0.5) is 13.2 Å². The van der Waals surface area contributed by atoms with Gasteiger partial charge in [-0.1, -0.05) is 12.1 Å². The number of benzene rings is 1. The van der Waals surface area contributed by atoms with E-state index in [1.165, 1.54) is 0 Å². The number of carbonyl (C=O) groups is 1. The van der Waals surface area contributed by atoms with Crippen LogP contribution in [0.15, 0.2) is 36.7 Å². The van der Waals surface area contributed by atoms with Gasteiger partial charge in [0.2, 0.25) is 0 Å². The van der Waals surface area contributed by atoms with Crippen LogP contribution in [0.2, 0.25) is 0 Å². The van der Waals surface area contributed by atoms with Crippen LogP contribution in [0.5, 0.6) is 5.75 Å². The molecule has 0 atom stereocenters. The summed E-state index contributed by atoms with van der Waals surface area (Å²) < 4.78 is 43.7. The molecular weight excluding hydrogens is 285 g/mol. The topological polar surface area (TPSA) is 44.1 Å². The molecule has 0 unspecified atom stereocenters. The van der Waals surface area contributed by atoms with E-state index in [0.29, 0.717) is 24.1 Å². The van der Waals surface area contributed by atoms with Gasteiger partial charge in [0.05, 0.1) is 23.9 Å². The van der Waals surface area contributed by atoms with E-state index in [9.17, 15) is 18.0 Å². The number of aromatic nitrogens is 2. The monoisotopic (exact) mass is 298 g/mol. The molecule has 2 aromatic rings. The minimum Gasteiger partial charge on any atom is -0.493 e. The molecule has 0 radical (unpaired) electrons. The second kappa shape index (κ2) is 5.99. The number of ether oxygens (including phenoxy) is 1. The third-order valence-corrected chi connectivity index (χ3v) is 2.75. The lowest BCUT2D eigenvalue weighted by Crippen LogP contribution is -2.12. The van der Waals surface area contributed by atoms with Crippen LogP contribution < -0.4 is 4.74 Å². The number of Topliss-reactive ketones (excluding diaryl/α,β-unsaturated/α-hetero) is 1. The molecule has 0 aliphatic carbocycles. The Morgan fingerprint density at radius 3 is 2.67 bits per heavy atom. The Morgan fingerprint density at radius 1 is 1.33 bits per heavy atom. The maximum atomic E-state index is 12.5. The van der Waals surface area contributed by atoms with E-state index in [1.807, 2.05) is 0 Å². The van der Waals surface area contributed by atoms with Gasteiger partial charge in [-0.2, -0.15) is 18.3 Å². The van der Waals surface area contributed by atoms with Crippen molar-refractivity contribution in [2.45, 2.75) is 19.6 Å². The van der Waals surface area contributed by atoms with Crippen LogP contribution in [0.25, 0.3) is 0 Å². The number of carbonyl (C=O) groups excluding carboxylic acids is 1. The number of halogens is 3. The van der Waals surface area contributed by atoms with Crippen molar-refractivity contribution in [2.24, 2.45) is 0 Å². The summed E-state index contributed by atoms with van der Waals surface area (Å²) in [4.78, 5) is 12.1. The molecule has 1 aromatic heterocycles. The molecule has 21 heavy (non-hydrogen) atoms. The van der Waals surface area contributed by atoms with Crippen LogP contribution in [-0.2, 0) is 12.7 Å². The molecule has 1 heterocycles. The highest BCUT2D eigenvalue weighted by molar-refractivity contribution is 5.98. The molecule has 112 valence electrons. The van der Waals surface area contributed by atoms with Crippen LogP contribution >= 0.6 is 0 Å². The molecule has 0 aliphatic heterocycles. The third-order valence-electron chi connectivity index (χ3n) is 2.75. The largest absolute Gasteiger partial charge is 0.493 e. The van der Waals surface area contributed by atoms with E-state index in [-0.39, 0.29) is 12.3 Å². The second-order valence-electron chi connectivity index (χ2n) is 4.28. The summed E-state index contributed by atoms with van der Waals surface area (Å²) in [6.07, 6.45) is -2.96. The molecule has 1 aromatic carbocycles. The molecular formula is C14H13F3N2O2. The molecule has 0 amide bonds. The first kappa shape index (κ1) is 15.1.